The van der Waals surface area contributed by atoms with Gasteiger partial charge in [0.2, 0.25) is 0 Å². The molecule has 0 atom stereocenters. The Bertz CT molecular complexity index is 890. The van der Waals surface area contributed by atoms with Crippen LogP contribution in [0.3, 0.4) is 0 Å². The summed E-state index contributed by atoms with van der Waals surface area (Å²) in [6.07, 6.45) is 21.0. The first kappa shape index (κ1) is 35.1. The van der Waals surface area contributed by atoms with Crippen molar-refractivity contribution in [2.45, 2.75) is 117 Å². The first-order valence-electron chi connectivity index (χ1n) is 15.5. The molecule has 0 fully saturated rings. The summed E-state index contributed by atoms with van der Waals surface area (Å²) in [7, 11) is 0. The minimum absolute atomic E-state index is 0. The largest absolute Gasteiger partial charge is 0.385 e. The first-order valence-corrected chi connectivity index (χ1v) is 15.5. The van der Waals surface area contributed by atoms with Gasteiger partial charge in [-0.2, -0.15) is 0 Å². The monoisotopic (exact) mass is 624 g/mol. The molecular weight excluding hydrogens is 571 g/mol. The number of rotatable bonds is 22. The molecule has 2 rings (SSSR count). The molecule has 2 aromatic rings. The first-order chi connectivity index (χ1) is 18.7. The second kappa shape index (κ2) is 23.9. The zero-order chi connectivity index (χ0) is 27.1. The van der Waals surface area contributed by atoms with Crippen LogP contribution in [0.15, 0.2) is 58.5 Å². The van der Waals surface area contributed by atoms with Gasteiger partial charge in [-0.1, -0.05) is 91.4 Å². The molecule has 0 aliphatic heterocycles. The number of hydrogen-bond acceptors (Lipinski definition) is 4. The van der Waals surface area contributed by atoms with E-state index < -0.39 is 0 Å². The second-order valence-electron chi connectivity index (χ2n) is 10.4. The molecule has 0 saturated heterocycles. The Labute approximate surface area is 253 Å². The predicted molar refractivity (Wildman–Crippen MR) is 171 cm³/mol. The van der Waals surface area contributed by atoms with E-state index in [1.807, 2.05) is 6.21 Å². The van der Waals surface area contributed by atoms with E-state index in [9.17, 15) is 0 Å². The average Bonchev–Trinajstić information content (AvgIpc) is 2.95. The standard InChI is InChI=1S/C34H54N4.Pd/c1-4-7-10-12-14-16-27-35-30-19-21-32(22-20-30)37-29-34(18-9-6-3)38-33-25-23-31(24-26-33)36-28-17-15-13-11-8-5-2;/h19-26,29,35-36H,4-18,27-28H2,1-3H3;/b37-29+,38-34+;. The van der Waals surface area contributed by atoms with E-state index in [0.29, 0.717) is 0 Å². The third-order valence-corrected chi connectivity index (χ3v) is 6.88. The van der Waals surface area contributed by atoms with E-state index in [0.717, 1.165) is 49.4 Å². The molecule has 0 saturated carbocycles. The smallest absolute Gasteiger partial charge is 0.0635 e. The molecule has 0 bridgehead atoms. The van der Waals surface area contributed by atoms with Crippen LogP contribution in [0.4, 0.5) is 22.7 Å². The molecule has 5 heteroatoms. The Kier molecular flexibility index (Phi) is 21.5. The molecule has 2 aromatic carbocycles. The summed E-state index contributed by atoms with van der Waals surface area (Å²) in [5.41, 5.74) is 5.33. The van der Waals surface area contributed by atoms with E-state index >= 15 is 0 Å². The van der Waals surface area contributed by atoms with Crippen LogP contribution in [0.25, 0.3) is 0 Å². The molecule has 2 N–H and O–H groups in total. The Morgan fingerprint density at radius 3 is 1.49 bits per heavy atom. The Hall–Kier alpha value is -1.96. The number of nitrogens with zero attached hydrogens (tertiary/aromatic N) is 2. The third-order valence-electron chi connectivity index (χ3n) is 6.88. The van der Waals surface area contributed by atoms with E-state index in [4.69, 9.17) is 9.98 Å². The van der Waals surface area contributed by atoms with Gasteiger partial charge in [-0.05, 0) is 74.2 Å². The second-order valence-corrected chi connectivity index (χ2v) is 10.4. The number of hydrogen-bond donors (Lipinski definition) is 2. The van der Waals surface area contributed by atoms with E-state index in [1.165, 1.54) is 88.4 Å². The van der Waals surface area contributed by atoms with Gasteiger partial charge < -0.3 is 10.6 Å². The third kappa shape index (κ3) is 17.4. The molecule has 220 valence electrons. The summed E-state index contributed by atoms with van der Waals surface area (Å²) in [6, 6.07) is 16.9. The van der Waals surface area contributed by atoms with Crippen molar-refractivity contribution in [2.24, 2.45) is 9.98 Å². The minimum atomic E-state index is 0. The number of unbranched alkanes of at least 4 members (excludes halogenated alkanes) is 11. The average molecular weight is 625 g/mol. The van der Waals surface area contributed by atoms with Crippen LogP contribution in [0.5, 0.6) is 0 Å². The van der Waals surface area contributed by atoms with Gasteiger partial charge in [-0.15, -0.1) is 0 Å². The molecule has 0 spiro atoms. The summed E-state index contributed by atoms with van der Waals surface area (Å²) >= 11 is 0. The Morgan fingerprint density at radius 2 is 1.00 bits per heavy atom. The summed E-state index contributed by atoms with van der Waals surface area (Å²) in [5, 5.41) is 7.09. The van der Waals surface area contributed by atoms with Crippen LogP contribution in [0.1, 0.15) is 117 Å². The van der Waals surface area contributed by atoms with E-state index in [1.54, 1.807) is 0 Å². The topological polar surface area (TPSA) is 48.8 Å². The van der Waals surface area contributed by atoms with Crippen molar-refractivity contribution >= 4 is 34.7 Å². The van der Waals surface area contributed by atoms with Crippen LogP contribution in [0.2, 0.25) is 0 Å². The van der Waals surface area contributed by atoms with Crippen LogP contribution in [0, 0.1) is 0 Å². The summed E-state index contributed by atoms with van der Waals surface area (Å²) in [5.74, 6) is 0. The molecular formula is C34H54N4Pd. The quantitative estimate of drug-likeness (QED) is 0.0777. The normalized spacial score (nSPS) is 11.5. The van der Waals surface area contributed by atoms with Gasteiger partial charge in [0.05, 0.1) is 17.1 Å². The maximum Gasteiger partial charge on any atom is 0.0635 e. The fourth-order valence-corrected chi connectivity index (χ4v) is 4.42. The minimum Gasteiger partial charge on any atom is -0.385 e. The van der Waals surface area contributed by atoms with Crippen LogP contribution >= 0.6 is 0 Å². The van der Waals surface area contributed by atoms with Crippen LogP contribution in [-0.4, -0.2) is 25.0 Å². The Morgan fingerprint density at radius 1 is 0.564 bits per heavy atom. The van der Waals surface area contributed by atoms with Crippen molar-refractivity contribution in [2.75, 3.05) is 23.7 Å². The predicted octanol–water partition coefficient (Wildman–Crippen LogP) is 10.9. The van der Waals surface area contributed by atoms with Crippen molar-refractivity contribution < 1.29 is 20.4 Å². The fraction of sp³-hybridized carbons (Fsp3) is 0.588. The molecule has 0 amide bonds. The fourth-order valence-electron chi connectivity index (χ4n) is 4.42. The van der Waals surface area contributed by atoms with Gasteiger partial charge in [-0.25, -0.2) is 0 Å². The Balaban J connectivity index is 0.00000760. The van der Waals surface area contributed by atoms with Crippen molar-refractivity contribution in [1.29, 1.82) is 0 Å². The molecule has 0 aliphatic carbocycles. The number of benzene rings is 2. The summed E-state index contributed by atoms with van der Waals surface area (Å²) < 4.78 is 0. The summed E-state index contributed by atoms with van der Waals surface area (Å²) in [4.78, 5) is 9.64. The van der Waals surface area contributed by atoms with Gasteiger partial charge in [0.15, 0.2) is 0 Å². The van der Waals surface area contributed by atoms with E-state index in [2.05, 4.69) is 79.9 Å². The van der Waals surface area contributed by atoms with Gasteiger partial charge >= 0.3 is 0 Å². The molecule has 0 aliphatic rings. The molecule has 39 heavy (non-hydrogen) atoms. The van der Waals surface area contributed by atoms with Gasteiger partial charge in [-0.3, -0.25) is 9.98 Å². The molecule has 0 radical (unpaired) electrons. The molecule has 0 unspecified atom stereocenters. The van der Waals surface area contributed by atoms with Crippen molar-refractivity contribution in [3.63, 3.8) is 0 Å². The van der Waals surface area contributed by atoms with Gasteiger partial charge in [0, 0.05) is 51.1 Å². The molecule has 0 heterocycles. The zero-order valence-electron chi connectivity index (χ0n) is 24.9. The van der Waals surface area contributed by atoms with Gasteiger partial charge in [0.1, 0.15) is 0 Å². The number of nitrogens with one attached hydrogen (secondary N) is 2. The molecule has 4 nitrogen and oxygen atoms in total. The SMILES string of the molecule is CCCCCCCCNc1ccc(/N=C/C(CCCC)=N/c2ccc(NCCCCCCCC)cc2)cc1.[Pd]. The summed E-state index contributed by atoms with van der Waals surface area (Å²) in [6.45, 7) is 8.83. The van der Waals surface area contributed by atoms with Crippen molar-refractivity contribution in [3.8, 4) is 0 Å². The maximum atomic E-state index is 4.91. The maximum absolute atomic E-state index is 4.91. The van der Waals surface area contributed by atoms with Gasteiger partial charge in [0.25, 0.3) is 0 Å². The van der Waals surface area contributed by atoms with Crippen molar-refractivity contribution in [1.82, 2.24) is 0 Å². The van der Waals surface area contributed by atoms with Crippen molar-refractivity contribution in [3.05, 3.63) is 48.5 Å². The zero-order valence-corrected chi connectivity index (χ0v) is 26.5. The molecule has 0 aromatic heterocycles. The van der Waals surface area contributed by atoms with Crippen LogP contribution < -0.4 is 10.6 Å². The van der Waals surface area contributed by atoms with Crippen LogP contribution in [-0.2, 0) is 20.4 Å². The van der Waals surface area contributed by atoms with E-state index in [-0.39, 0.29) is 20.4 Å². The number of aliphatic imine (C=N–C) groups is 2. The number of anilines is 2.